The van der Waals surface area contributed by atoms with Crippen molar-refractivity contribution in [2.75, 3.05) is 13.2 Å². The molecular formula is C8H15NO2. The van der Waals surface area contributed by atoms with Gasteiger partial charge in [0.05, 0.1) is 6.54 Å². The molecule has 0 bridgehead atoms. The maximum atomic E-state index is 11.2. The predicted molar refractivity (Wildman–Crippen MR) is 42.3 cm³/mol. The average molecular weight is 157 g/mol. The lowest BCUT2D eigenvalue weighted by molar-refractivity contribution is -0.146. The Labute approximate surface area is 66.9 Å². The fraction of sp³-hybridized carbons (Fsp3) is 0.875. The summed E-state index contributed by atoms with van der Waals surface area (Å²) in [4.78, 5) is 11.2. The van der Waals surface area contributed by atoms with E-state index in [4.69, 9.17) is 10.5 Å². The summed E-state index contributed by atoms with van der Waals surface area (Å²) in [6, 6.07) is 0. The molecular weight excluding hydrogens is 142 g/mol. The number of carbonyl (C=O) groups excluding carboxylic acids is 1. The molecule has 1 unspecified atom stereocenters. The Morgan fingerprint density at radius 2 is 2.36 bits per heavy atom. The number of ketones is 1. The lowest BCUT2D eigenvalue weighted by atomic mass is 9.91. The summed E-state index contributed by atoms with van der Waals surface area (Å²) in [6.07, 6.45) is 2.96. The van der Waals surface area contributed by atoms with Crippen molar-refractivity contribution in [1.29, 1.82) is 0 Å². The molecule has 2 N–H and O–H groups in total. The lowest BCUT2D eigenvalue weighted by Crippen LogP contribution is -2.44. The van der Waals surface area contributed by atoms with Crippen LogP contribution >= 0.6 is 0 Å². The third kappa shape index (κ3) is 1.79. The van der Waals surface area contributed by atoms with Crippen molar-refractivity contribution in [3.63, 3.8) is 0 Å². The number of rotatable bonds is 2. The van der Waals surface area contributed by atoms with Crippen molar-refractivity contribution >= 4 is 5.78 Å². The second kappa shape index (κ2) is 3.32. The van der Waals surface area contributed by atoms with Crippen LogP contribution in [0.25, 0.3) is 0 Å². The van der Waals surface area contributed by atoms with Crippen molar-refractivity contribution in [2.24, 2.45) is 5.73 Å². The Balaban J connectivity index is 2.56. The van der Waals surface area contributed by atoms with Crippen LogP contribution in [0.4, 0.5) is 0 Å². The van der Waals surface area contributed by atoms with Crippen LogP contribution in [0.15, 0.2) is 0 Å². The van der Waals surface area contributed by atoms with Gasteiger partial charge in [-0.3, -0.25) is 4.79 Å². The maximum absolute atomic E-state index is 11.2. The Morgan fingerprint density at radius 3 is 2.82 bits per heavy atom. The van der Waals surface area contributed by atoms with Crippen LogP contribution < -0.4 is 5.73 Å². The molecule has 1 fully saturated rings. The van der Waals surface area contributed by atoms with Gasteiger partial charge in [0.1, 0.15) is 5.60 Å². The minimum absolute atomic E-state index is 0.0252. The molecule has 0 radical (unpaired) electrons. The van der Waals surface area contributed by atoms with Crippen LogP contribution in [0.3, 0.4) is 0 Å². The van der Waals surface area contributed by atoms with Gasteiger partial charge in [0.25, 0.3) is 0 Å². The number of nitrogens with two attached hydrogens (primary N) is 1. The predicted octanol–water partition coefficient (Wildman–Crippen LogP) is 0.473. The SMILES string of the molecule is CC1(C(=O)CN)CCCCO1. The summed E-state index contributed by atoms with van der Waals surface area (Å²) in [5.41, 5.74) is 4.68. The van der Waals surface area contributed by atoms with E-state index >= 15 is 0 Å². The van der Waals surface area contributed by atoms with Crippen molar-refractivity contribution in [3.05, 3.63) is 0 Å². The number of hydrogen-bond acceptors (Lipinski definition) is 3. The third-order valence-corrected chi connectivity index (χ3v) is 2.24. The van der Waals surface area contributed by atoms with Gasteiger partial charge in [0.2, 0.25) is 0 Å². The van der Waals surface area contributed by atoms with Crippen LogP contribution in [-0.4, -0.2) is 24.5 Å². The van der Waals surface area contributed by atoms with E-state index in [0.29, 0.717) is 6.61 Å². The zero-order chi connectivity index (χ0) is 8.32. The lowest BCUT2D eigenvalue weighted by Gasteiger charge is -2.31. The molecule has 11 heavy (non-hydrogen) atoms. The number of carbonyl (C=O) groups is 1. The molecule has 1 atom stereocenters. The molecule has 0 spiro atoms. The molecule has 1 aliphatic heterocycles. The zero-order valence-corrected chi connectivity index (χ0v) is 6.93. The van der Waals surface area contributed by atoms with E-state index in [1.807, 2.05) is 6.92 Å². The van der Waals surface area contributed by atoms with Crippen LogP contribution in [0.5, 0.6) is 0 Å². The van der Waals surface area contributed by atoms with Crippen LogP contribution in [-0.2, 0) is 9.53 Å². The Bertz CT molecular complexity index is 150. The first-order chi connectivity index (χ1) is 5.19. The van der Waals surface area contributed by atoms with Gasteiger partial charge < -0.3 is 10.5 Å². The molecule has 0 saturated carbocycles. The first-order valence-electron chi connectivity index (χ1n) is 4.06. The number of hydrogen-bond donors (Lipinski definition) is 1. The monoisotopic (exact) mass is 157 g/mol. The highest BCUT2D eigenvalue weighted by atomic mass is 16.5. The standard InChI is InChI=1S/C8H15NO2/c1-8(7(10)6-9)4-2-3-5-11-8/h2-6,9H2,1H3. The molecule has 0 aromatic carbocycles. The average Bonchev–Trinajstić information content (AvgIpc) is 2.04. The van der Waals surface area contributed by atoms with E-state index in [-0.39, 0.29) is 12.3 Å². The molecule has 3 nitrogen and oxygen atoms in total. The summed E-state index contributed by atoms with van der Waals surface area (Å²) in [6.45, 7) is 2.63. The summed E-state index contributed by atoms with van der Waals surface area (Å²) in [7, 11) is 0. The van der Waals surface area contributed by atoms with E-state index < -0.39 is 5.60 Å². The van der Waals surface area contributed by atoms with Gasteiger partial charge in [0.15, 0.2) is 5.78 Å². The maximum Gasteiger partial charge on any atom is 0.177 e. The van der Waals surface area contributed by atoms with Gasteiger partial charge in [-0.25, -0.2) is 0 Å². The summed E-state index contributed by atoms with van der Waals surface area (Å²) in [5, 5.41) is 0. The molecule has 1 rings (SSSR count). The van der Waals surface area contributed by atoms with E-state index in [1.54, 1.807) is 0 Å². The third-order valence-electron chi connectivity index (χ3n) is 2.24. The highest BCUT2D eigenvalue weighted by Gasteiger charge is 2.34. The van der Waals surface area contributed by atoms with Gasteiger partial charge in [-0.15, -0.1) is 0 Å². The molecule has 0 amide bonds. The van der Waals surface area contributed by atoms with Gasteiger partial charge in [-0.05, 0) is 26.2 Å². The quantitative estimate of drug-likeness (QED) is 0.634. The Kier molecular flexibility index (Phi) is 2.62. The largest absolute Gasteiger partial charge is 0.367 e. The summed E-state index contributed by atoms with van der Waals surface area (Å²) < 4.78 is 5.39. The topological polar surface area (TPSA) is 52.3 Å². The molecule has 1 saturated heterocycles. The number of ether oxygens (including phenoxy) is 1. The van der Waals surface area contributed by atoms with E-state index in [1.165, 1.54) is 0 Å². The number of Topliss-reactive ketones (excluding diaryl/α,β-unsaturated/α-hetero) is 1. The van der Waals surface area contributed by atoms with Crippen molar-refractivity contribution in [1.82, 2.24) is 0 Å². The normalized spacial score (nSPS) is 31.8. The second-order valence-electron chi connectivity index (χ2n) is 3.16. The van der Waals surface area contributed by atoms with Gasteiger partial charge in [-0.1, -0.05) is 0 Å². The molecule has 0 aromatic rings. The first kappa shape index (κ1) is 8.68. The smallest absolute Gasteiger partial charge is 0.177 e. The summed E-state index contributed by atoms with van der Waals surface area (Å²) >= 11 is 0. The first-order valence-corrected chi connectivity index (χ1v) is 4.06. The molecule has 3 heteroatoms. The van der Waals surface area contributed by atoms with E-state index in [0.717, 1.165) is 19.3 Å². The molecule has 64 valence electrons. The summed E-state index contributed by atoms with van der Waals surface area (Å²) in [5.74, 6) is 0.0252. The second-order valence-corrected chi connectivity index (χ2v) is 3.16. The van der Waals surface area contributed by atoms with Crippen LogP contribution in [0, 0.1) is 0 Å². The minimum atomic E-state index is -0.576. The van der Waals surface area contributed by atoms with E-state index in [9.17, 15) is 4.79 Å². The van der Waals surface area contributed by atoms with Crippen molar-refractivity contribution in [3.8, 4) is 0 Å². The molecule has 0 aliphatic carbocycles. The van der Waals surface area contributed by atoms with Gasteiger partial charge in [-0.2, -0.15) is 0 Å². The van der Waals surface area contributed by atoms with Crippen molar-refractivity contribution in [2.45, 2.75) is 31.8 Å². The van der Waals surface area contributed by atoms with Gasteiger partial charge >= 0.3 is 0 Å². The Hall–Kier alpha value is -0.410. The Morgan fingerprint density at radius 1 is 1.64 bits per heavy atom. The van der Waals surface area contributed by atoms with Crippen LogP contribution in [0.2, 0.25) is 0 Å². The van der Waals surface area contributed by atoms with Crippen molar-refractivity contribution < 1.29 is 9.53 Å². The highest BCUT2D eigenvalue weighted by Crippen LogP contribution is 2.24. The molecule has 0 aromatic heterocycles. The fourth-order valence-corrected chi connectivity index (χ4v) is 1.37. The molecule has 1 heterocycles. The minimum Gasteiger partial charge on any atom is -0.367 e. The van der Waals surface area contributed by atoms with Gasteiger partial charge in [0, 0.05) is 6.61 Å². The highest BCUT2D eigenvalue weighted by molar-refractivity contribution is 5.88. The van der Waals surface area contributed by atoms with Crippen LogP contribution in [0.1, 0.15) is 26.2 Å². The zero-order valence-electron chi connectivity index (χ0n) is 6.93. The fourth-order valence-electron chi connectivity index (χ4n) is 1.37. The molecule has 1 aliphatic rings. The van der Waals surface area contributed by atoms with E-state index in [2.05, 4.69) is 0 Å².